The Balaban J connectivity index is 1.81. The number of hydrogen-bond donors (Lipinski definition) is 1. The SMILES string of the molecule is CCC(CC)C(=O)NCCS(=O)(=O)N1CCN(c2ccc(F)cc2)CC1. The van der Waals surface area contributed by atoms with Crippen molar-refractivity contribution in [3.63, 3.8) is 0 Å². The van der Waals surface area contributed by atoms with Crippen molar-refractivity contribution in [3.8, 4) is 0 Å². The summed E-state index contributed by atoms with van der Waals surface area (Å²) in [5.41, 5.74) is 0.890. The van der Waals surface area contributed by atoms with Gasteiger partial charge >= 0.3 is 0 Å². The van der Waals surface area contributed by atoms with Crippen LogP contribution >= 0.6 is 0 Å². The van der Waals surface area contributed by atoms with Gasteiger partial charge < -0.3 is 10.2 Å². The van der Waals surface area contributed by atoms with Gasteiger partial charge in [0.1, 0.15) is 5.82 Å². The average molecular weight is 386 g/mol. The third-order valence-corrected chi connectivity index (χ3v) is 6.71. The van der Waals surface area contributed by atoms with E-state index in [1.54, 1.807) is 12.1 Å². The molecule has 1 heterocycles. The molecule has 1 N–H and O–H groups in total. The van der Waals surface area contributed by atoms with Crippen LogP contribution in [0.1, 0.15) is 26.7 Å². The van der Waals surface area contributed by atoms with Crippen molar-refractivity contribution in [2.24, 2.45) is 5.92 Å². The van der Waals surface area contributed by atoms with E-state index in [1.165, 1.54) is 16.4 Å². The van der Waals surface area contributed by atoms with Crippen molar-refractivity contribution >= 4 is 21.6 Å². The Morgan fingerprint density at radius 1 is 1.12 bits per heavy atom. The molecule has 1 aromatic rings. The van der Waals surface area contributed by atoms with Gasteiger partial charge in [0.25, 0.3) is 0 Å². The Labute approximate surface area is 155 Å². The summed E-state index contributed by atoms with van der Waals surface area (Å²) in [5.74, 6) is -0.510. The van der Waals surface area contributed by atoms with Crippen molar-refractivity contribution in [2.45, 2.75) is 26.7 Å². The summed E-state index contributed by atoms with van der Waals surface area (Å²) in [7, 11) is -3.40. The Bertz CT molecular complexity index is 682. The van der Waals surface area contributed by atoms with Crippen molar-refractivity contribution in [1.29, 1.82) is 0 Å². The van der Waals surface area contributed by atoms with Gasteiger partial charge in [-0.1, -0.05) is 13.8 Å². The first-order chi connectivity index (χ1) is 12.4. The highest BCUT2D eigenvalue weighted by molar-refractivity contribution is 7.89. The van der Waals surface area contributed by atoms with Gasteiger partial charge in [-0.05, 0) is 37.1 Å². The van der Waals surface area contributed by atoms with Gasteiger partial charge in [-0.15, -0.1) is 0 Å². The third-order valence-electron chi connectivity index (χ3n) is 4.84. The molecule has 0 atom stereocenters. The number of carbonyl (C=O) groups is 1. The maximum atomic E-state index is 13.0. The topological polar surface area (TPSA) is 69.7 Å². The number of hydrogen-bond acceptors (Lipinski definition) is 4. The summed E-state index contributed by atoms with van der Waals surface area (Å²) in [6.07, 6.45) is 1.50. The highest BCUT2D eigenvalue weighted by Gasteiger charge is 2.27. The Morgan fingerprint density at radius 3 is 2.23 bits per heavy atom. The summed E-state index contributed by atoms with van der Waals surface area (Å²) >= 11 is 0. The molecule has 2 rings (SSSR count). The van der Waals surface area contributed by atoms with Crippen molar-refractivity contribution in [1.82, 2.24) is 9.62 Å². The number of halogens is 1. The molecular formula is C18H28FN3O3S. The van der Waals surface area contributed by atoms with E-state index in [0.717, 1.165) is 18.5 Å². The quantitative estimate of drug-likeness (QED) is 0.741. The molecule has 0 aliphatic carbocycles. The van der Waals surface area contributed by atoms with E-state index in [-0.39, 0.29) is 29.9 Å². The maximum absolute atomic E-state index is 13.0. The molecule has 1 saturated heterocycles. The molecule has 1 aliphatic rings. The van der Waals surface area contributed by atoms with E-state index in [0.29, 0.717) is 26.2 Å². The zero-order chi connectivity index (χ0) is 19.2. The molecule has 0 bridgehead atoms. The molecule has 1 amide bonds. The van der Waals surface area contributed by atoms with E-state index in [1.807, 2.05) is 18.7 Å². The van der Waals surface area contributed by atoms with E-state index < -0.39 is 10.0 Å². The lowest BCUT2D eigenvalue weighted by molar-refractivity contribution is -0.125. The third kappa shape index (κ3) is 5.41. The van der Waals surface area contributed by atoms with E-state index in [9.17, 15) is 17.6 Å². The minimum Gasteiger partial charge on any atom is -0.369 e. The molecule has 0 spiro atoms. The minimum atomic E-state index is -3.40. The van der Waals surface area contributed by atoms with Crippen LogP contribution in [0.25, 0.3) is 0 Å². The van der Waals surface area contributed by atoms with Crippen LogP contribution in [-0.2, 0) is 14.8 Å². The zero-order valence-corrected chi connectivity index (χ0v) is 16.3. The van der Waals surface area contributed by atoms with Crippen LogP contribution in [-0.4, -0.2) is 57.1 Å². The van der Waals surface area contributed by atoms with Gasteiger partial charge in [-0.25, -0.2) is 12.8 Å². The molecule has 26 heavy (non-hydrogen) atoms. The Kier molecular flexibility index (Phi) is 7.40. The largest absolute Gasteiger partial charge is 0.369 e. The molecular weight excluding hydrogens is 357 g/mol. The predicted molar refractivity (Wildman–Crippen MR) is 101 cm³/mol. The normalized spacial score (nSPS) is 16.1. The zero-order valence-electron chi connectivity index (χ0n) is 15.4. The van der Waals surface area contributed by atoms with Crippen LogP contribution in [0.4, 0.5) is 10.1 Å². The molecule has 146 valence electrons. The second-order valence-electron chi connectivity index (χ2n) is 6.48. The van der Waals surface area contributed by atoms with Crippen LogP contribution in [0, 0.1) is 11.7 Å². The second-order valence-corrected chi connectivity index (χ2v) is 8.57. The smallest absolute Gasteiger partial charge is 0.223 e. The predicted octanol–water partition coefficient (Wildman–Crippen LogP) is 1.83. The van der Waals surface area contributed by atoms with Crippen molar-refractivity contribution < 1.29 is 17.6 Å². The maximum Gasteiger partial charge on any atom is 0.223 e. The van der Waals surface area contributed by atoms with Crippen LogP contribution in [0.3, 0.4) is 0 Å². The first kappa shape index (κ1) is 20.6. The minimum absolute atomic E-state index is 0.0584. The number of benzene rings is 1. The van der Waals surface area contributed by atoms with Gasteiger partial charge in [-0.2, -0.15) is 4.31 Å². The fourth-order valence-corrected chi connectivity index (χ4v) is 4.45. The van der Waals surface area contributed by atoms with Crippen molar-refractivity contribution in [3.05, 3.63) is 30.1 Å². The van der Waals surface area contributed by atoms with Gasteiger partial charge in [0.05, 0.1) is 5.75 Å². The summed E-state index contributed by atoms with van der Waals surface area (Å²) in [6.45, 7) is 5.93. The lowest BCUT2D eigenvalue weighted by Gasteiger charge is -2.35. The highest BCUT2D eigenvalue weighted by atomic mass is 32.2. The van der Waals surface area contributed by atoms with Gasteiger partial charge in [0, 0.05) is 44.3 Å². The van der Waals surface area contributed by atoms with Crippen LogP contribution < -0.4 is 10.2 Å². The number of anilines is 1. The van der Waals surface area contributed by atoms with Crippen LogP contribution in [0.5, 0.6) is 0 Å². The number of rotatable bonds is 8. The Hall–Kier alpha value is -1.67. The molecule has 0 unspecified atom stereocenters. The molecule has 8 heteroatoms. The van der Waals surface area contributed by atoms with Crippen LogP contribution in [0.15, 0.2) is 24.3 Å². The van der Waals surface area contributed by atoms with Crippen molar-refractivity contribution in [2.75, 3.05) is 43.4 Å². The number of sulfonamides is 1. The van der Waals surface area contributed by atoms with E-state index in [2.05, 4.69) is 5.32 Å². The Morgan fingerprint density at radius 2 is 1.69 bits per heavy atom. The standard InChI is InChI=1S/C18H28FN3O3S/c1-3-15(4-2)18(23)20-9-14-26(24,25)22-12-10-21(11-13-22)17-7-5-16(19)6-8-17/h5-8,15H,3-4,9-14H2,1-2H3,(H,20,23). The second kappa shape index (κ2) is 9.32. The summed E-state index contributed by atoms with van der Waals surface area (Å²) in [5, 5.41) is 2.73. The molecule has 1 aliphatic heterocycles. The molecule has 0 radical (unpaired) electrons. The van der Waals surface area contributed by atoms with Crippen LogP contribution in [0.2, 0.25) is 0 Å². The average Bonchev–Trinajstić information content (AvgIpc) is 2.63. The number of piperazine rings is 1. The highest BCUT2D eigenvalue weighted by Crippen LogP contribution is 2.18. The fourth-order valence-electron chi connectivity index (χ4n) is 3.11. The van der Waals surface area contributed by atoms with Gasteiger partial charge in [0.15, 0.2) is 0 Å². The molecule has 1 aromatic carbocycles. The summed E-state index contributed by atoms with van der Waals surface area (Å²) in [6, 6.07) is 6.21. The monoisotopic (exact) mass is 385 g/mol. The number of nitrogens with zero attached hydrogens (tertiary/aromatic N) is 2. The fraction of sp³-hybridized carbons (Fsp3) is 0.611. The number of nitrogens with one attached hydrogen (secondary N) is 1. The number of amides is 1. The first-order valence-electron chi connectivity index (χ1n) is 9.13. The molecule has 6 nitrogen and oxygen atoms in total. The van der Waals surface area contributed by atoms with E-state index in [4.69, 9.17) is 0 Å². The van der Waals surface area contributed by atoms with E-state index >= 15 is 0 Å². The molecule has 0 aromatic heterocycles. The van der Waals surface area contributed by atoms with Gasteiger partial charge in [0.2, 0.25) is 15.9 Å². The first-order valence-corrected chi connectivity index (χ1v) is 10.7. The lowest BCUT2D eigenvalue weighted by Crippen LogP contribution is -2.50. The summed E-state index contributed by atoms with van der Waals surface area (Å²) < 4.78 is 39.4. The molecule has 1 fully saturated rings. The molecule has 0 saturated carbocycles. The number of carbonyl (C=O) groups excluding carboxylic acids is 1. The lowest BCUT2D eigenvalue weighted by atomic mass is 10.0. The van der Waals surface area contributed by atoms with Gasteiger partial charge in [-0.3, -0.25) is 4.79 Å². The summed E-state index contributed by atoms with van der Waals surface area (Å²) in [4.78, 5) is 14.0.